The average Bonchev–Trinajstić information content (AvgIpc) is 1.54. The van der Waals surface area contributed by atoms with Crippen molar-refractivity contribution in [3.8, 4) is 0 Å². The number of hydrogen-bond donors (Lipinski definition) is 1. The number of allylic oxidation sites excluding steroid dienone is 2. The van der Waals surface area contributed by atoms with Crippen molar-refractivity contribution < 1.29 is 5.11 Å². The normalized spacial score (nSPS) is 7.33. The molecule has 0 saturated carbocycles. The first kappa shape index (κ1) is 17.5. The predicted octanol–water partition coefficient (Wildman–Crippen LogP) is 3.55. The Hall–Kier alpha value is -0.560. The summed E-state index contributed by atoms with van der Waals surface area (Å²) in [6.07, 6.45) is -0.167. The Morgan fingerprint density at radius 3 is 0.917 bits per heavy atom. The topological polar surface area (TPSA) is 20.2 Å². The van der Waals surface area contributed by atoms with E-state index in [1.54, 1.807) is 13.8 Å². The molecule has 12 heavy (non-hydrogen) atoms. The highest BCUT2D eigenvalue weighted by molar-refractivity contribution is 4.79. The zero-order chi connectivity index (χ0) is 10.7. The number of aliphatic hydroxyl groups is 1. The van der Waals surface area contributed by atoms with E-state index in [2.05, 4.69) is 13.2 Å². The van der Waals surface area contributed by atoms with Gasteiger partial charge in [-0.15, -0.1) is 13.2 Å². The van der Waals surface area contributed by atoms with Gasteiger partial charge in [-0.2, -0.15) is 0 Å². The Balaban J connectivity index is -0.000000101. The molecule has 0 amide bonds. The van der Waals surface area contributed by atoms with Crippen molar-refractivity contribution in [2.75, 3.05) is 0 Å². The summed E-state index contributed by atoms with van der Waals surface area (Å²) in [5.41, 5.74) is 2.33. The van der Waals surface area contributed by atoms with Crippen molar-refractivity contribution in [1.82, 2.24) is 0 Å². The van der Waals surface area contributed by atoms with Gasteiger partial charge in [0.25, 0.3) is 0 Å². The Bertz CT molecular complexity index is 89.4. The molecule has 1 N–H and O–H groups in total. The standard InChI is InChI=1S/2C4H8.C3H8O/c2*1-4(2)3;1-3(2)4/h2*1H2,2-3H3;3-4H,1-2H3. The summed E-state index contributed by atoms with van der Waals surface area (Å²) >= 11 is 0. The third kappa shape index (κ3) is 2140. The van der Waals surface area contributed by atoms with Crippen LogP contribution in [0.5, 0.6) is 0 Å². The maximum Gasteiger partial charge on any atom is 0.0483 e. The van der Waals surface area contributed by atoms with Crippen LogP contribution in [0.15, 0.2) is 24.3 Å². The molecule has 0 heterocycles. The third-order valence-corrected chi connectivity index (χ3v) is 0. The molecular weight excluding hydrogens is 148 g/mol. The van der Waals surface area contributed by atoms with Gasteiger partial charge in [0, 0.05) is 6.10 Å². The van der Waals surface area contributed by atoms with Gasteiger partial charge in [0.1, 0.15) is 0 Å². The molecule has 0 spiro atoms. The monoisotopic (exact) mass is 172 g/mol. The van der Waals surface area contributed by atoms with Crippen molar-refractivity contribution in [2.45, 2.75) is 47.6 Å². The summed E-state index contributed by atoms with van der Waals surface area (Å²) in [6.45, 7) is 18.4. The lowest BCUT2D eigenvalue weighted by atomic mass is 10.4. The molecule has 1 nitrogen and oxygen atoms in total. The van der Waals surface area contributed by atoms with Gasteiger partial charge in [-0.3, -0.25) is 0 Å². The van der Waals surface area contributed by atoms with Gasteiger partial charge in [-0.25, -0.2) is 0 Å². The van der Waals surface area contributed by atoms with E-state index in [-0.39, 0.29) is 6.10 Å². The molecule has 74 valence electrons. The van der Waals surface area contributed by atoms with Gasteiger partial charge >= 0.3 is 0 Å². The SMILES string of the molecule is C=C(C)C.C=C(C)C.CC(C)O. The van der Waals surface area contributed by atoms with Crippen molar-refractivity contribution in [1.29, 1.82) is 0 Å². The highest BCUT2D eigenvalue weighted by Crippen LogP contribution is 1.74. The van der Waals surface area contributed by atoms with Gasteiger partial charge in [0.2, 0.25) is 0 Å². The molecule has 0 unspecified atom stereocenters. The average molecular weight is 172 g/mol. The van der Waals surface area contributed by atoms with Crippen LogP contribution in [0.25, 0.3) is 0 Å². The van der Waals surface area contributed by atoms with Gasteiger partial charge < -0.3 is 5.11 Å². The Labute approximate surface area is 77.8 Å². The van der Waals surface area contributed by atoms with Crippen LogP contribution in [0.4, 0.5) is 0 Å². The van der Waals surface area contributed by atoms with Crippen LogP contribution >= 0.6 is 0 Å². The van der Waals surface area contributed by atoms with Crippen molar-refractivity contribution in [2.24, 2.45) is 0 Å². The van der Waals surface area contributed by atoms with Crippen LogP contribution in [0.1, 0.15) is 41.5 Å². The highest BCUT2D eigenvalue weighted by atomic mass is 16.3. The molecule has 0 fully saturated rings. The summed E-state index contributed by atoms with van der Waals surface area (Å²) in [5.74, 6) is 0. The molecule has 0 saturated heterocycles. The van der Waals surface area contributed by atoms with Crippen LogP contribution in [0.2, 0.25) is 0 Å². The zero-order valence-electron chi connectivity index (χ0n) is 9.44. The molecule has 0 atom stereocenters. The van der Waals surface area contributed by atoms with Crippen LogP contribution in [0, 0.1) is 0 Å². The van der Waals surface area contributed by atoms with Crippen LogP contribution in [0.3, 0.4) is 0 Å². The molecule has 0 bridgehead atoms. The molecule has 0 aromatic carbocycles. The van der Waals surface area contributed by atoms with Crippen LogP contribution in [-0.4, -0.2) is 11.2 Å². The van der Waals surface area contributed by atoms with E-state index in [9.17, 15) is 0 Å². The van der Waals surface area contributed by atoms with E-state index in [1.165, 1.54) is 11.1 Å². The zero-order valence-corrected chi connectivity index (χ0v) is 9.44. The molecule has 0 aliphatic heterocycles. The maximum absolute atomic E-state index is 8.06. The predicted molar refractivity (Wildman–Crippen MR) is 58.3 cm³/mol. The number of hydrogen-bond acceptors (Lipinski definition) is 1. The first-order valence-electron chi connectivity index (χ1n) is 4.12. The fraction of sp³-hybridized carbons (Fsp3) is 0.636. The quantitative estimate of drug-likeness (QED) is 0.554. The molecule has 0 aromatic heterocycles. The lowest BCUT2D eigenvalue weighted by Gasteiger charge is -1.80. The van der Waals surface area contributed by atoms with Gasteiger partial charge in [0.05, 0.1) is 0 Å². The molecule has 0 rings (SSSR count). The minimum Gasteiger partial charge on any atom is -0.394 e. The van der Waals surface area contributed by atoms with Gasteiger partial charge in [0.15, 0.2) is 0 Å². The highest BCUT2D eigenvalue weighted by Gasteiger charge is 1.69. The van der Waals surface area contributed by atoms with E-state index in [1.807, 2.05) is 27.7 Å². The van der Waals surface area contributed by atoms with E-state index < -0.39 is 0 Å². The van der Waals surface area contributed by atoms with Gasteiger partial charge in [-0.1, -0.05) is 11.1 Å². The minimum atomic E-state index is -0.167. The van der Waals surface area contributed by atoms with Crippen molar-refractivity contribution in [3.05, 3.63) is 24.3 Å². The fourth-order valence-corrected chi connectivity index (χ4v) is 0. The van der Waals surface area contributed by atoms with E-state index in [4.69, 9.17) is 5.11 Å². The summed E-state index contributed by atoms with van der Waals surface area (Å²) in [7, 11) is 0. The second-order valence-corrected chi connectivity index (χ2v) is 3.51. The largest absolute Gasteiger partial charge is 0.394 e. The molecule has 0 aromatic rings. The number of aliphatic hydroxyl groups excluding tert-OH is 1. The Morgan fingerprint density at radius 2 is 0.917 bits per heavy atom. The van der Waals surface area contributed by atoms with E-state index in [0.29, 0.717) is 0 Å². The minimum absolute atomic E-state index is 0.167. The summed E-state index contributed by atoms with van der Waals surface area (Å²) < 4.78 is 0. The van der Waals surface area contributed by atoms with Gasteiger partial charge in [-0.05, 0) is 41.5 Å². The second kappa shape index (κ2) is 13.1. The molecular formula is C11H24O. The van der Waals surface area contributed by atoms with E-state index in [0.717, 1.165) is 0 Å². The fourth-order valence-electron chi connectivity index (χ4n) is 0. The first-order chi connectivity index (χ1) is 5.20. The second-order valence-electron chi connectivity index (χ2n) is 3.51. The smallest absolute Gasteiger partial charge is 0.0483 e. The van der Waals surface area contributed by atoms with E-state index >= 15 is 0 Å². The summed E-state index contributed by atoms with van der Waals surface area (Å²) in [4.78, 5) is 0. The Kier molecular flexibility index (Phi) is 19.1. The molecule has 1 heteroatoms. The van der Waals surface area contributed by atoms with Crippen LogP contribution in [-0.2, 0) is 0 Å². The lowest BCUT2D eigenvalue weighted by Crippen LogP contribution is -1.85. The van der Waals surface area contributed by atoms with Crippen LogP contribution < -0.4 is 0 Å². The molecule has 0 aliphatic rings. The molecule has 0 aliphatic carbocycles. The van der Waals surface area contributed by atoms with Crippen molar-refractivity contribution >= 4 is 0 Å². The number of rotatable bonds is 0. The first-order valence-corrected chi connectivity index (χ1v) is 4.12. The third-order valence-electron chi connectivity index (χ3n) is 0. The summed E-state index contributed by atoms with van der Waals surface area (Å²) in [6, 6.07) is 0. The maximum atomic E-state index is 8.06. The lowest BCUT2D eigenvalue weighted by molar-refractivity contribution is 0.216. The Morgan fingerprint density at radius 1 is 0.917 bits per heavy atom. The summed E-state index contributed by atoms with van der Waals surface area (Å²) in [5, 5.41) is 8.06. The van der Waals surface area contributed by atoms with Crippen molar-refractivity contribution in [3.63, 3.8) is 0 Å². The molecule has 0 radical (unpaired) electrons.